The normalized spacial score (nSPS) is 10.5. The van der Waals surface area contributed by atoms with Gasteiger partial charge in [-0.05, 0) is 24.6 Å². The van der Waals surface area contributed by atoms with Crippen LogP contribution in [0.15, 0.2) is 47.6 Å². The van der Waals surface area contributed by atoms with E-state index in [1.807, 2.05) is 0 Å². The second-order valence-corrected chi connectivity index (χ2v) is 4.82. The predicted molar refractivity (Wildman–Crippen MR) is 87.2 cm³/mol. The Morgan fingerprint density at radius 3 is 2.83 bits per heavy atom. The number of benzene rings is 2. The zero-order chi connectivity index (χ0) is 17.5. The summed E-state index contributed by atoms with van der Waals surface area (Å²) in [6, 6.07) is 10.9. The number of phenolic OH excluding ortho intramolecular Hbond substituents is 1. The molecule has 8 heteroatoms. The number of amides is 1. The van der Waals surface area contributed by atoms with Crippen LogP contribution >= 0.6 is 0 Å². The van der Waals surface area contributed by atoms with E-state index in [9.17, 15) is 20.0 Å². The van der Waals surface area contributed by atoms with Crippen LogP contribution in [0.5, 0.6) is 11.5 Å². The minimum atomic E-state index is -0.591. The monoisotopic (exact) mass is 329 g/mol. The van der Waals surface area contributed by atoms with E-state index in [0.717, 1.165) is 0 Å². The summed E-state index contributed by atoms with van der Waals surface area (Å²) in [6.45, 7) is 1.31. The summed E-state index contributed by atoms with van der Waals surface area (Å²) in [5, 5.41) is 24.4. The highest BCUT2D eigenvalue weighted by Crippen LogP contribution is 2.25. The van der Waals surface area contributed by atoms with Gasteiger partial charge >= 0.3 is 5.69 Å². The first-order valence-corrected chi connectivity index (χ1v) is 6.95. The summed E-state index contributed by atoms with van der Waals surface area (Å²) in [6.07, 6.45) is 1.30. The van der Waals surface area contributed by atoms with Gasteiger partial charge in [-0.2, -0.15) is 5.10 Å². The Balaban J connectivity index is 1.91. The third-order valence-corrected chi connectivity index (χ3v) is 3.08. The van der Waals surface area contributed by atoms with Gasteiger partial charge < -0.3 is 9.84 Å². The maximum absolute atomic E-state index is 11.7. The Morgan fingerprint density at radius 1 is 1.33 bits per heavy atom. The smallest absolute Gasteiger partial charge is 0.310 e. The van der Waals surface area contributed by atoms with Crippen molar-refractivity contribution in [3.05, 3.63) is 63.7 Å². The van der Waals surface area contributed by atoms with E-state index in [1.165, 1.54) is 24.4 Å². The molecule has 0 aliphatic heterocycles. The molecule has 2 aromatic rings. The van der Waals surface area contributed by atoms with Crippen molar-refractivity contribution < 1.29 is 19.6 Å². The maximum Gasteiger partial charge on any atom is 0.310 e. The number of hydrogen-bond donors (Lipinski definition) is 2. The van der Waals surface area contributed by atoms with Gasteiger partial charge in [-0.25, -0.2) is 5.43 Å². The Kier molecular flexibility index (Phi) is 5.45. The van der Waals surface area contributed by atoms with Gasteiger partial charge in [0.05, 0.1) is 11.1 Å². The summed E-state index contributed by atoms with van der Waals surface area (Å²) in [7, 11) is 0. The molecule has 1 amide bonds. The molecule has 24 heavy (non-hydrogen) atoms. The van der Waals surface area contributed by atoms with Crippen molar-refractivity contribution in [2.24, 2.45) is 5.10 Å². The SMILES string of the molecule is Cc1cccc(C=NNC(=O)COc2ccccc2[N+](=O)[O-])c1O. The Bertz CT molecular complexity index is 789. The van der Waals surface area contributed by atoms with Gasteiger partial charge in [0, 0.05) is 11.6 Å². The number of nitrogens with one attached hydrogen (secondary N) is 1. The number of rotatable bonds is 6. The Hall–Kier alpha value is -3.42. The van der Waals surface area contributed by atoms with E-state index in [0.29, 0.717) is 11.1 Å². The zero-order valence-corrected chi connectivity index (χ0v) is 12.8. The van der Waals surface area contributed by atoms with Crippen LogP contribution in [0.2, 0.25) is 0 Å². The van der Waals surface area contributed by atoms with Gasteiger partial charge in [0.2, 0.25) is 0 Å². The second-order valence-electron chi connectivity index (χ2n) is 4.82. The first kappa shape index (κ1) is 16.9. The summed E-state index contributed by atoms with van der Waals surface area (Å²) in [5.74, 6) is -0.513. The van der Waals surface area contributed by atoms with Gasteiger partial charge in [0.15, 0.2) is 12.4 Å². The van der Waals surface area contributed by atoms with Crippen LogP contribution in [0.1, 0.15) is 11.1 Å². The first-order chi connectivity index (χ1) is 11.5. The second kappa shape index (κ2) is 7.73. The van der Waals surface area contributed by atoms with Crippen LogP contribution < -0.4 is 10.2 Å². The van der Waals surface area contributed by atoms with E-state index in [-0.39, 0.29) is 17.2 Å². The van der Waals surface area contributed by atoms with E-state index in [4.69, 9.17) is 4.74 Å². The fourth-order valence-corrected chi connectivity index (χ4v) is 1.87. The number of carbonyl (C=O) groups is 1. The molecule has 0 unspecified atom stereocenters. The van der Waals surface area contributed by atoms with Crippen LogP contribution in [-0.4, -0.2) is 28.8 Å². The van der Waals surface area contributed by atoms with Gasteiger partial charge in [-0.3, -0.25) is 14.9 Å². The number of hydrogen-bond acceptors (Lipinski definition) is 6. The maximum atomic E-state index is 11.7. The van der Waals surface area contributed by atoms with Crippen molar-refractivity contribution in [2.45, 2.75) is 6.92 Å². The van der Waals surface area contributed by atoms with E-state index in [2.05, 4.69) is 10.5 Å². The lowest BCUT2D eigenvalue weighted by molar-refractivity contribution is -0.385. The van der Waals surface area contributed by atoms with Crippen molar-refractivity contribution in [2.75, 3.05) is 6.61 Å². The predicted octanol–water partition coefficient (Wildman–Crippen LogP) is 2.14. The van der Waals surface area contributed by atoms with Gasteiger partial charge in [-0.1, -0.05) is 24.3 Å². The molecule has 0 radical (unpaired) electrons. The summed E-state index contributed by atoms with van der Waals surface area (Å²) >= 11 is 0. The summed E-state index contributed by atoms with van der Waals surface area (Å²) < 4.78 is 5.13. The van der Waals surface area contributed by atoms with Crippen LogP contribution in [0.3, 0.4) is 0 Å². The topological polar surface area (TPSA) is 114 Å². The number of carbonyl (C=O) groups excluding carboxylic acids is 1. The highest BCUT2D eigenvalue weighted by molar-refractivity contribution is 5.85. The number of hydrazone groups is 1. The lowest BCUT2D eigenvalue weighted by Crippen LogP contribution is -2.24. The van der Waals surface area contributed by atoms with Crippen molar-refractivity contribution in [1.29, 1.82) is 0 Å². The Labute approximate surface area is 137 Å². The number of nitro groups is 1. The lowest BCUT2D eigenvalue weighted by Gasteiger charge is -2.05. The van der Waals surface area contributed by atoms with Crippen LogP contribution in [-0.2, 0) is 4.79 Å². The number of nitro benzene ring substituents is 1. The average molecular weight is 329 g/mol. The molecule has 0 fully saturated rings. The van der Waals surface area contributed by atoms with Crippen LogP contribution in [0.25, 0.3) is 0 Å². The third-order valence-electron chi connectivity index (χ3n) is 3.08. The molecule has 0 aliphatic rings. The minimum Gasteiger partial charge on any atom is -0.507 e. The number of para-hydroxylation sites is 3. The van der Waals surface area contributed by atoms with Gasteiger partial charge in [-0.15, -0.1) is 0 Å². The quantitative estimate of drug-likeness (QED) is 0.479. The standard InChI is InChI=1S/C16H15N3O5/c1-11-5-4-6-12(16(11)21)9-17-18-15(20)10-24-14-8-3-2-7-13(14)19(22)23/h2-9,21H,10H2,1H3,(H,18,20). The molecule has 2 N–H and O–H groups in total. The zero-order valence-electron chi connectivity index (χ0n) is 12.8. The van der Waals surface area contributed by atoms with E-state index < -0.39 is 17.4 Å². The van der Waals surface area contributed by atoms with Crippen molar-refractivity contribution in [3.63, 3.8) is 0 Å². The molecule has 0 spiro atoms. The van der Waals surface area contributed by atoms with Crippen molar-refractivity contribution in [3.8, 4) is 11.5 Å². The molecule has 0 aromatic heterocycles. The number of aromatic hydroxyl groups is 1. The number of ether oxygens (including phenoxy) is 1. The first-order valence-electron chi connectivity index (χ1n) is 6.95. The van der Waals surface area contributed by atoms with Crippen molar-refractivity contribution >= 4 is 17.8 Å². The molecule has 124 valence electrons. The molecule has 0 saturated heterocycles. The number of phenols is 1. The highest BCUT2D eigenvalue weighted by atomic mass is 16.6. The largest absolute Gasteiger partial charge is 0.507 e. The van der Waals surface area contributed by atoms with E-state index >= 15 is 0 Å². The highest BCUT2D eigenvalue weighted by Gasteiger charge is 2.14. The summed E-state index contributed by atoms with van der Waals surface area (Å²) in [5.41, 5.74) is 3.14. The summed E-state index contributed by atoms with van der Waals surface area (Å²) in [4.78, 5) is 21.9. The Morgan fingerprint density at radius 2 is 2.08 bits per heavy atom. The molecule has 0 atom stereocenters. The van der Waals surface area contributed by atoms with Crippen molar-refractivity contribution in [1.82, 2.24) is 5.43 Å². The van der Waals surface area contributed by atoms with Gasteiger partial charge in [0.25, 0.3) is 5.91 Å². The fraction of sp³-hybridized carbons (Fsp3) is 0.125. The fourth-order valence-electron chi connectivity index (χ4n) is 1.87. The average Bonchev–Trinajstić information content (AvgIpc) is 2.57. The molecule has 8 nitrogen and oxygen atoms in total. The van der Waals surface area contributed by atoms with Crippen LogP contribution in [0, 0.1) is 17.0 Å². The molecule has 0 saturated carbocycles. The molecule has 0 bridgehead atoms. The van der Waals surface area contributed by atoms with Gasteiger partial charge in [0.1, 0.15) is 5.75 Å². The number of nitrogens with zero attached hydrogens (tertiary/aromatic N) is 2. The minimum absolute atomic E-state index is 0.00189. The number of aryl methyl sites for hydroxylation is 1. The third kappa shape index (κ3) is 4.29. The van der Waals surface area contributed by atoms with Crippen LogP contribution in [0.4, 0.5) is 5.69 Å². The molecular formula is C16H15N3O5. The van der Waals surface area contributed by atoms with E-state index in [1.54, 1.807) is 31.2 Å². The lowest BCUT2D eigenvalue weighted by atomic mass is 10.1. The molecule has 2 aromatic carbocycles. The molecule has 0 aliphatic carbocycles. The molecular weight excluding hydrogens is 314 g/mol. The molecule has 0 heterocycles. The molecule has 2 rings (SSSR count).